The number of benzene rings is 1. The van der Waals surface area contributed by atoms with Gasteiger partial charge in [-0.2, -0.15) is 0 Å². The lowest BCUT2D eigenvalue weighted by atomic mass is 10.2. The van der Waals surface area contributed by atoms with E-state index in [0.29, 0.717) is 5.15 Å². The Labute approximate surface area is 119 Å². The summed E-state index contributed by atoms with van der Waals surface area (Å²) in [6.45, 7) is 5.07. The Hall–Kier alpha value is -1.61. The molecule has 19 heavy (non-hydrogen) atoms. The molecule has 0 saturated heterocycles. The van der Waals surface area contributed by atoms with Gasteiger partial charge in [-0.1, -0.05) is 43.1 Å². The number of hydrogen-bond donors (Lipinski definition) is 0. The number of unbranched alkanes of at least 4 members (excludes halogenated alkanes) is 1. The normalized spacial score (nSPS) is 10.5. The summed E-state index contributed by atoms with van der Waals surface area (Å²) in [6, 6.07) is 10.3. The van der Waals surface area contributed by atoms with Crippen LogP contribution in [-0.2, 0) is 0 Å². The summed E-state index contributed by atoms with van der Waals surface area (Å²) in [6.07, 6.45) is 3.77. The highest BCUT2D eigenvalue weighted by atomic mass is 35.5. The van der Waals surface area contributed by atoms with E-state index in [1.807, 2.05) is 25.1 Å². The van der Waals surface area contributed by atoms with Gasteiger partial charge in [-0.05, 0) is 25.5 Å². The predicted octanol–water partition coefficient (Wildman–Crippen LogP) is 4.38. The smallest absolute Gasteiger partial charge is 0.140 e. The summed E-state index contributed by atoms with van der Waals surface area (Å²) in [5.41, 5.74) is 2.05. The molecular formula is C15H18ClN3. The second-order valence-electron chi connectivity index (χ2n) is 4.45. The van der Waals surface area contributed by atoms with Crippen LogP contribution >= 0.6 is 11.6 Å². The van der Waals surface area contributed by atoms with Crippen molar-refractivity contribution in [2.24, 2.45) is 0 Å². The van der Waals surface area contributed by atoms with E-state index in [2.05, 4.69) is 33.9 Å². The van der Waals surface area contributed by atoms with E-state index < -0.39 is 0 Å². The fourth-order valence-corrected chi connectivity index (χ4v) is 2.10. The van der Waals surface area contributed by atoms with Crippen molar-refractivity contribution in [1.29, 1.82) is 0 Å². The van der Waals surface area contributed by atoms with Crippen LogP contribution in [0.3, 0.4) is 0 Å². The summed E-state index contributed by atoms with van der Waals surface area (Å²) in [5.74, 6) is 0.889. The van der Waals surface area contributed by atoms with Gasteiger partial charge in [0.25, 0.3) is 0 Å². The van der Waals surface area contributed by atoms with Gasteiger partial charge < -0.3 is 4.90 Å². The molecule has 0 unspecified atom stereocenters. The number of nitrogens with zero attached hydrogens (tertiary/aromatic N) is 3. The molecule has 0 radical (unpaired) electrons. The molecule has 2 aromatic rings. The minimum absolute atomic E-state index is 0.516. The average molecular weight is 276 g/mol. The van der Waals surface area contributed by atoms with Crippen LogP contribution in [0.1, 0.15) is 25.3 Å². The topological polar surface area (TPSA) is 29.0 Å². The lowest BCUT2D eigenvalue weighted by Crippen LogP contribution is -2.20. The molecule has 100 valence electrons. The Morgan fingerprint density at radius 2 is 1.89 bits per heavy atom. The van der Waals surface area contributed by atoms with Crippen LogP contribution in [-0.4, -0.2) is 16.5 Å². The molecule has 1 aromatic carbocycles. The Kier molecular flexibility index (Phi) is 4.74. The first-order chi connectivity index (χ1) is 9.24. The number of halogens is 1. The number of anilines is 2. The zero-order chi connectivity index (χ0) is 13.7. The van der Waals surface area contributed by atoms with Crippen LogP contribution in [0.2, 0.25) is 5.15 Å². The second-order valence-corrected chi connectivity index (χ2v) is 4.81. The predicted molar refractivity (Wildman–Crippen MR) is 80.1 cm³/mol. The van der Waals surface area contributed by atoms with Crippen LogP contribution in [0.4, 0.5) is 11.5 Å². The van der Waals surface area contributed by atoms with E-state index >= 15 is 0 Å². The first-order valence-corrected chi connectivity index (χ1v) is 6.91. The zero-order valence-corrected chi connectivity index (χ0v) is 12.1. The summed E-state index contributed by atoms with van der Waals surface area (Å²) < 4.78 is 0. The lowest BCUT2D eigenvalue weighted by Gasteiger charge is -2.25. The molecule has 1 aromatic heterocycles. The number of rotatable bonds is 5. The quantitative estimate of drug-likeness (QED) is 0.759. The molecule has 0 saturated carbocycles. The Morgan fingerprint density at radius 3 is 2.58 bits per heavy atom. The molecule has 0 aliphatic heterocycles. The van der Waals surface area contributed by atoms with Gasteiger partial charge in [0.05, 0.1) is 0 Å². The van der Waals surface area contributed by atoms with Crippen molar-refractivity contribution in [3.05, 3.63) is 47.4 Å². The third-order valence-corrected chi connectivity index (χ3v) is 3.44. The molecule has 0 aliphatic rings. The highest BCUT2D eigenvalue weighted by Gasteiger charge is 2.14. The van der Waals surface area contributed by atoms with Gasteiger partial charge in [0.15, 0.2) is 0 Å². The largest absolute Gasteiger partial charge is 0.326 e. The summed E-state index contributed by atoms with van der Waals surface area (Å²) >= 11 is 6.10. The van der Waals surface area contributed by atoms with Crippen molar-refractivity contribution >= 4 is 23.1 Å². The Balaban J connectivity index is 2.40. The van der Waals surface area contributed by atoms with Crippen molar-refractivity contribution < 1.29 is 0 Å². The number of aromatic nitrogens is 2. The molecule has 0 N–H and O–H groups in total. The van der Waals surface area contributed by atoms with Crippen molar-refractivity contribution in [2.75, 3.05) is 11.4 Å². The molecule has 3 nitrogen and oxygen atoms in total. The average Bonchev–Trinajstić information content (AvgIpc) is 2.45. The summed E-state index contributed by atoms with van der Waals surface area (Å²) in [7, 11) is 0. The van der Waals surface area contributed by atoms with Gasteiger partial charge in [0.1, 0.15) is 17.3 Å². The molecule has 4 heteroatoms. The van der Waals surface area contributed by atoms with Gasteiger partial charge in [-0.25, -0.2) is 9.97 Å². The third kappa shape index (κ3) is 3.24. The molecule has 2 rings (SSSR count). The lowest BCUT2D eigenvalue weighted by molar-refractivity contribution is 0.776. The van der Waals surface area contributed by atoms with E-state index in [0.717, 1.165) is 36.5 Å². The van der Waals surface area contributed by atoms with Crippen LogP contribution < -0.4 is 4.90 Å². The van der Waals surface area contributed by atoms with Crippen LogP contribution in [0.5, 0.6) is 0 Å². The maximum absolute atomic E-state index is 6.10. The Bertz CT molecular complexity index is 528. The van der Waals surface area contributed by atoms with Crippen LogP contribution in [0.15, 0.2) is 36.7 Å². The van der Waals surface area contributed by atoms with E-state index in [1.165, 1.54) is 6.33 Å². The monoisotopic (exact) mass is 275 g/mol. The SMILES string of the molecule is CCCCN(c1ccccc1)c1ncnc(Cl)c1C. The van der Waals surface area contributed by atoms with Gasteiger partial charge in [-0.3, -0.25) is 0 Å². The molecular weight excluding hydrogens is 258 g/mol. The molecule has 0 spiro atoms. The number of para-hydroxylation sites is 1. The second kappa shape index (κ2) is 6.53. The van der Waals surface area contributed by atoms with E-state index in [-0.39, 0.29) is 0 Å². The zero-order valence-electron chi connectivity index (χ0n) is 11.3. The molecule has 0 aliphatic carbocycles. The fraction of sp³-hybridized carbons (Fsp3) is 0.333. The van der Waals surface area contributed by atoms with Crippen molar-refractivity contribution in [2.45, 2.75) is 26.7 Å². The fourth-order valence-electron chi connectivity index (χ4n) is 1.97. The maximum atomic E-state index is 6.10. The maximum Gasteiger partial charge on any atom is 0.140 e. The van der Waals surface area contributed by atoms with E-state index in [9.17, 15) is 0 Å². The van der Waals surface area contributed by atoms with E-state index in [4.69, 9.17) is 11.6 Å². The number of hydrogen-bond acceptors (Lipinski definition) is 3. The Morgan fingerprint density at radius 1 is 1.16 bits per heavy atom. The van der Waals surface area contributed by atoms with E-state index in [1.54, 1.807) is 0 Å². The van der Waals surface area contributed by atoms with Crippen molar-refractivity contribution in [3.63, 3.8) is 0 Å². The third-order valence-electron chi connectivity index (χ3n) is 3.05. The highest BCUT2D eigenvalue weighted by Crippen LogP contribution is 2.28. The highest BCUT2D eigenvalue weighted by molar-refractivity contribution is 6.30. The van der Waals surface area contributed by atoms with Crippen LogP contribution in [0, 0.1) is 6.92 Å². The van der Waals surface area contributed by atoms with Gasteiger partial charge >= 0.3 is 0 Å². The molecule has 0 amide bonds. The minimum Gasteiger partial charge on any atom is -0.326 e. The first-order valence-electron chi connectivity index (χ1n) is 6.53. The van der Waals surface area contributed by atoms with Gasteiger partial charge in [0, 0.05) is 17.8 Å². The van der Waals surface area contributed by atoms with Crippen molar-refractivity contribution in [3.8, 4) is 0 Å². The van der Waals surface area contributed by atoms with Gasteiger partial charge in [0.2, 0.25) is 0 Å². The minimum atomic E-state index is 0.516. The summed E-state index contributed by atoms with van der Waals surface area (Å²) in [4.78, 5) is 10.6. The van der Waals surface area contributed by atoms with Crippen molar-refractivity contribution in [1.82, 2.24) is 9.97 Å². The molecule has 1 heterocycles. The van der Waals surface area contributed by atoms with Gasteiger partial charge in [-0.15, -0.1) is 0 Å². The molecule has 0 bridgehead atoms. The molecule has 0 fully saturated rings. The molecule has 0 atom stereocenters. The summed E-state index contributed by atoms with van der Waals surface area (Å²) in [5, 5.41) is 0.516. The van der Waals surface area contributed by atoms with Crippen LogP contribution in [0.25, 0.3) is 0 Å². The standard InChI is InChI=1S/C15H18ClN3/c1-3-4-10-19(13-8-6-5-7-9-13)15-12(2)14(16)17-11-18-15/h5-9,11H,3-4,10H2,1-2H3. The first kappa shape index (κ1) is 13.8.